The molecule has 4 aliphatic rings. The number of aromatic nitrogens is 5. The van der Waals surface area contributed by atoms with E-state index < -0.39 is 18.1 Å². The Hall–Kier alpha value is -5.18. The fraction of sp³-hybridized carbons (Fsp3) is 0.538. The molecule has 8 heterocycles. The highest BCUT2D eigenvalue weighted by Gasteiger charge is 2.44. The van der Waals surface area contributed by atoms with Gasteiger partial charge in [0.05, 0.1) is 51.3 Å². The van der Waals surface area contributed by atoms with Gasteiger partial charge in [-0.05, 0) is 76.0 Å². The Morgan fingerprint density at radius 2 is 1.69 bits per heavy atom. The molecule has 4 aromatic heterocycles. The Balaban J connectivity index is 0.788. The van der Waals surface area contributed by atoms with Crippen molar-refractivity contribution in [3.63, 3.8) is 0 Å². The molecule has 1 aromatic carbocycles. The number of piperidine rings is 2. The Labute approximate surface area is 435 Å². The Morgan fingerprint density at radius 3 is 2.33 bits per heavy atom. The maximum Gasteiger partial charge on any atom is 0.243 e. The highest BCUT2D eigenvalue weighted by atomic mass is 35.5. The van der Waals surface area contributed by atoms with Gasteiger partial charge in [-0.1, -0.05) is 66.6 Å². The summed E-state index contributed by atoms with van der Waals surface area (Å²) < 4.78 is 5.55. The van der Waals surface area contributed by atoms with E-state index in [0.717, 1.165) is 63.4 Å². The molecule has 4 fully saturated rings. The van der Waals surface area contributed by atoms with Gasteiger partial charge in [-0.25, -0.2) is 19.9 Å². The summed E-state index contributed by atoms with van der Waals surface area (Å²) >= 11 is 10.1. The zero-order valence-electron chi connectivity index (χ0n) is 41.9. The summed E-state index contributed by atoms with van der Waals surface area (Å²) in [5.74, 6) is 0.797. The maximum absolute atomic E-state index is 14.4. The Morgan fingerprint density at radius 1 is 0.958 bits per heavy atom. The number of aryl methyl sites for hydroxylation is 2. The van der Waals surface area contributed by atoms with E-state index in [2.05, 4.69) is 66.3 Å². The molecular weight excluding hydrogens is 972 g/mol. The van der Waals surface area contributed by atoms with Crippen molar-refractivity contribution in [2.45, 2.75) is 113 Å². The molecule has 4 saturated heterocycles. The predicted molar refractivity (Wildman–Crippen MR) is 280 cm³/mol. The molecule has 0 spiro atoms. The number of hydrogen-bond acceptors (Lipinski definition) is 16. The molecule has 4 N–H and O–H groups in total. The Kier molecular flexibility index (Phi) is 16.2. The lowest BCUT2D eigenvalue weighted by Crippen LogP contribution is -2.52. The normalized spacial score (nSPS) is 20.8. The number of amides is 3. The number of carbonyl (C=O) groups excluding carboxylic acids is 3. The van der Waals surface area contributed by atoms with Crippen molar-refractivity contribution >= 4 is 64.1 Å². The summed E-state index contributed by atoms with van der Waals surface area (Å²) in [7, 11) is 0. The molecule has 0 bridgehead atoms. The number of hydrogen-bond donors (Lipinski definition) is 3. The summed E-state index contributed by atoms with van der Waals surface area (Å²) in [6, 6.07) is 10.7. The van der Waals surface area contributed by atoms with Crippen LogP contribution in [0.15, 0.2) is 74.9 Å². The third-order valence-corrected chi connectivity index (χ3v) is 17.3. The zero-order valence-corrected chi connectivity index (χ0v) is 44.3. The number of benzene rings is 1. The number of nitrogens with zero attached hydrogens (tertiary/aromatic N) is 10. The molecule has 3 amide bonds. The van der Waals surface area contributed by atoms with Gasteiger partial charge in [0.1, 0.15) is 34.4 Å². The van der Waals surface area contributed by atoms with Crippen LogP contribution in [-0.4, -0.2) is 146 Å². The van der Waals surface area contributed by atoms with Crippen molar-refractivity contribution in [2.75, 3.05) is 75.2 Å². The van der Waals surface area contributed by atoms with Gasteiger partial charge in [0.25, 0.3) is 0 Å². The minimum Gasteiger partial charge on any atom is -0.391 e. The molecule has 9 rings (SSSR count). The molecule has 20 heteroatoms. The first-order chi connectivity index (χ1) is 34.6. The topological polar surface area (TPSA) is 203 Å². The number of aliphatic hydroxyl groups excluding tert-OH is 1. The van der Waals surface area contributed by atoms with Crippen LogP contribution in [0.4, 0.5) is 11.6 Å². The largest absolute Gasteiger partial charge is 0.391 e. The standard InChI is InChI=1S/C52H67ClN12O5S2/c1-32(2)45(41-26-33(3)60-70-41)51(69)65-30-38(66)27-40(65)49(67)59-39(35-6-8-36(9-7-35)47-34(4)58-31-71-47)13-17-61-22-24-64(25-23-61)50(68)37-11-18-63(19-12-37)48-46(53)42(10-16-55-48)72-44-29-56-43(28-57-44)62-20-14-52(5,54)15-21-62/h6-10,16,26,28-29,31-32,37-40,45,66H,11-15,17-25,27,30,54H2,1-5H3,(H,59,67)/t38-,39+,40+,45-/m1/s1. The number of β-amino-alcohol motifs (C(OH)–C–C–N with tert-alkyl or cyclic N) is 1. The van der Waals surface area contributed by atoms with Crippen LogP contribution in [0.2, 0.25) is 5.02 Å². The van der Waals surface area contributed by atoms with Gasteiger partial charge in [-0.3, -0.25) is 19.3 Å². The quantitative estimate of drug-likeness (QED) is 0.0995. The fourth-order valence-corrected chi connectivity index (χ4v) is 12.4. The number of rotatable bonds is 15. The number of nitrogens with two attached hydrogens (primary N) is 1. The Bertz CT molecular complexity index is 2660. The average Bonchev–Trinajstić information content (AvgIpc) is 4.13. The maximum atomic E-state index is 14.4. The van der Waals surface area contributed by atoms with Gasteiger partial charge < -0.3 is 40.3 Å². The van der Waals surface area contributed by atoms with Gasteiger partial charge in [-0.2, -0.15) is 0 Å². The molecule has 72 heavy (non-hydrogen) atoms. The van der Waals surface area contributed by atoms with Crippen molar-refractivity contribution < 1.29 is 24.0 Å². The number of anilines is 2. The van der Waals surface area contributed by atoms with Crippen LogP contribution in [0.1, 0.15) is 94.0 Å². The minimum atomic E-state index is -0.850. The highest BCUT2D eigenvalue weighted by Crippen LogP contribution is 2.39. The van der Waals surface area contributed by atoms with Gasteiger partial charge >= 0.3 is 0 Å². The lowest BCUT2D eigenvalue weighted by atomic mass is 9.91. The van der Waals surface area contributed by atoms with Crippen molar-refractivity contribution in [3.8, 4) is 10.4 Å². The first-order valence-corrected chi connectivity index (χ1v) is 27.3. The number of thiazole rings is 1. The summed E-state index contributed by atoms with van der Waals surface area (Å²) in [6.07, 6.45) is 8.55. The molecule has 4 aliphatic heterocycles. The van der Waals surface area contributed by atoms with Crippen LogP contribution >= 0.6 is 34.7 Å². The number of carbonyl (C=O) groups is 3. The first-order valence-electron chi connectivity index (χ1n) is 25.3. The van der Waals surface area contributed by atoms with Crippen LogP contribution in [0, 0.1) is 25.7 Å². The van der Waals surface area contributed by atoms with E-state index in [1.807, 2.05) is 50.4 Å². The van der Waals surface area contributed by atoms with Gasteiger partial charge in [0.15, 0.2) is 0 Å². The molecule has 384 valence electrons. The molecule has 0 aliphatic carbocycles. The number of piperazine rings is 1. The average molecular weight is 1040 g/mol. The van der Waals surface area contributed by atoms with Crippen LogP contribution in [-0.2, 0) is 14.4 Å². The van der Waals surface area contributed by atoms with E-state index in [1.165, 1.54) is 16.7 Å². The SMILES string of the molecule is Cc1cc([C@H](C(=O)N2C[C@H](O)C[C@H]2C(=O)N[C@@H](CCN2CCN(C(=O)C3CCN(c4nccc(Sc5cnc(N6CCC(C)(N)CC6)cn5)c4Cl)CC3)CC2)c2ccc(-c3scnc3C)cc2)C(C)C)on1. The minimum absolute atomic E-state index is 0.0594. The van der Waals surface area contributed by atoms with E-state index in [-0.39, 0.29) is 54.1 Å². The molecule has 0 unspecified atom stereocenters. The molecule has 0 radical (unpaired) electrons. The smallest absolute Gasteiger partial charge is 0.243 e. The van der Waals surface area contributed by atoms with Crippen LogP contribution in [0.3, 0.4) is 0 Å². The number of likely N-dealkylation sites (tertiary alicyclic amines) is 1. The monoisotopic (exact) mass is 1040 g/mol. The summed E-state index contributed by atoms with van der Waals surface area (Å²) in [4.78, 5) is 73.3. The van der Waals surface area contributed by atoms with Crippen LogP contribution in [0.5, 0.6) is 0 Å². The second-order valence-electron chi connectivity index (χ2n) is 20.6. The number of pyridine rings is 1. The first kappa shape index (κ1) is 51.7. The molecule has 17 nitrogen and oxygen atoms in total. The van der Waals surface area contributed by atoms with Crippen molar-refractivity contribution in [2.24, 2.45) is 17.6 Å². The van der Waals surface area contributed by atoms with E-state index in [4.69, 9.17) is 31.8 Å². The summed E-state index contributed by atoms with van der Waals surface area (Å²) in [5.41, 5.74) is 11.7. The van der Waals surface area contributed by atoms with Crippen molar-refractivity contribution in [1.29, 1.82) is 0 Å². The van der Waals surface area contributed by atoms with Gasteiger partial charge in [0, 0.05) is 100 Å². The van der Waals surface area contributed by atoms with Gasteiger partial charge in [-0.15, -0.1) is 11.3 Å². The van der Waals surface area contributed by atoms with Gasteiger partial charge in [0.2, 0.25) is 17.7 Å². The summed E-state index contributed by atoms with van der Waals surface area (Å²) in [6.45, 7) is 16.3. The van der Waals surface area contributed by atoms with Crippen LogP contribution in [0.25, 0.3) is 10.4 Å². The van der Waals surface area contributed by atoms with E-state index >= 15 is 0 Å². The third kappa shape index (κ3) is 11.9. The molecule has 5 aromatic rings. The van der Waals surface area contributed by atoms with E-state index in [9.17, 15) is 19.5 Å². The lowest BCUT2D eigenvalue weighted by Gasteiger charge is -2.39. The number of halogens is 1. The predicted octanol–water partition coefficient (Wildman–Crippen LogP) is 6.73. The number of aliphatic hydroxyl groups is 1. The third-order valence-electron chi connectivity index (χ3n) is 14.8. The summed E-state index contributed by atoms with van der Waals surface area (Å²) in [5, 5.41) is 19.5. The lowest BCUT2D eigenvalue weighted by molar-refractivity contribution is -0.141. The zero-order chi connectivity index (χ0) is 50.7. The van der Waals surface area contributed by atoms with Crippen molar-refractivity contribution in [3.05, 3.63) is 88.2 Å². The molecule has 4 atom stereocenters. The second kappa shape index (κ2) is 22.5. The van der Waals surface area contributed by atoms with E-state index in [0.29, 0.717) is 87.4 Å². The molecule has 0 saturated carbocycles. The van der Waals surface area contributed by atoms with Crippen molar-refractivity contribution in [1.82, 2.24) is 45.1 Å². The molecular formula is C52H67ClN12O5S2. The highest BCUT2D eigenvalue weighted by molar-refractivity contribution is 7.99. The number of nitrogens with one attached hydrogen (secondary N) is 1. The van der Waals surface area contributed by atoms with E-state index in [1.54, 1.807) is 29.8 Å². The van der Waals surface area contributed by atoms with Crippen LogP contribution < -0.4 is 20.9 Å². The fourth-order valence-electron chi connectivity index (χ4n) is 10.5. The second-order valence-corrected chi connectivity index (χ2v) is 22.9.